The van der Waals surface area contributed by atoms with Crippen LogP contribution in [0.2, 0.25) is 0 Å². The number of carbonyl (C=O) groups is 2. The molecule has 0 aliphatic carbocycles. The summed E-state index contributed by atoms with van der Waals surface area (Å²) in [5.74, 6) is -1.15. The molecule has 18 heavy (non-hydrogen) atoms. The summed E-state index contributed by atoms with van der Waals surface area (Å²) in [6.45, 7) is 0.621. The molecular formula is C13H15NO4. The number of hydrogen-bond acceptors (Lipinski definition) is 3. The number of amides is 1. The van der Waals surface area contributed by atoms with Crippen molar-refractivity contribution in [3.05, 3.63) is 29.8 Å². The third-order valence-corrected chi connectivity index (χ3v) is 2.87. The summed E-state index contributed by atoms with van der Waals surface area (Å²) >= 11 is 0. The maximum Gasteiger partial charge on any atom is 0.335 e. The van der Waals surface area contributed by atoms with E-state index in [1.165, 1.54) is 12.1 Å². The van der Waals surface area contributed by atoms with E-state index in [0.717, 1.165) is 19.3 Å². The molecule has 1 aromatic rings. The maximum atomic E-state index is 11.8. The van der Waals surface area contributed by atoms with Gasteiger partial charge < -0.3 is 15.2 Å². The second-order valence-corrected chi connectivity index (χ2v) is 4.23. The lowest BCUT2D eigenvalue weighted by Gasteiger charge is -2.21. The molecule has 1 aromatic carbocycles. The van der Waals surface area contributed by atoms with Gasteiger partial charge in [-0.2, -0.15) is 0 Å². The van der Waals surface area contributed by atoms with E-state index in [4.69, 9.17) is 9.84 Å². The van der Waals surface area contributed by atoms with Gasteiger partial charge in [0, 0.05) is 12.3 Å². The minimum Gasteiger partial charge on any atom is -0.478 e. The lowest BCUT2D eigenvalue weighted by atomic mass is 10.1. The number of rotatable bonds is 3. The predicted octanol–water partition coefficient (Wildman–Crippen LogP) is 1.89. The molecule has 0 bridgehead atoms. The Bertz CT molecular complexity index is 435. The lowest BCUT2D eigenvalue weighted by Crippen LogP contribution is -2.33. The first-order valence-corrected chi connectivity index (χ1v) is 5.92. The van der Waals surface area contributed by atoms with Crippen LogP contribution >= 0.6 is 0 Å². The highest BCUT2D eigenvalue weighted by Crippen LogP contribution is 2.16. The third-order valence-electron chi connectivity index (χ3n) is 2.87. The molecule has 96 valence electrons. The Labute approximate surface area is 105 Å². The van der Waals surface area contributed by atoms with Gasteiger partial charge >= 0.3 is 5.97 Å². The van der Waals surface area contributed by atoms with Crippen LogP contribution in [0, 0.1) is 0 Å². The molecule has 1 unspecified atom stereocenters. The predicted molar refractivity (Wildman–Crippen MR) is 65.6 cm³/mol. The number of carboxylic acids is 1. The number of nitrogens with one attached hydrogen (secondary N) is 1. The van der Waals surface area contributed by atoms with Gasteiger partial charge in [-0.3, -0.25) is 4.79 Å². The highest BCUT2D eigenvalue weighted by atomic mass is 16.5. The van der Waals surface area contributed by atoms with Crippen LogP contribution < -0.4 is 5.32 Å². The summed E-state index contributed by atoms with van der Waals surface area (Å²) in [5.41, 5.74) is 0.779. The lowest BCUT2D eigenvalue weighted by molar-refractivity contribution is -0.129. The SMILES string of the molecule is O=C(O)c1ccc(NC(=O)C2CCCCO2)cc1. The molecule has 1 fully saturated rings. The average Bonchev–Trinajstić information content (AvgIpc) is 2.40. The molecule has 1 amide bonds. The normalized spacial score (nSPS) is 19.2. The molecule has 5 nitrogen and oxygen atoms in total. The summed E-state index contributed by atoms with van der Waals surface area (Å²) < 4.78 is 5.37. The van der Waals surface area contributed by atoms with E-state index >= 15 is 0 Å². The van der Waals surface area contributed by atoms with E-state index in [0.29, 0.717) is 12.3 Å². The Morgan fingerprint density at radius 1 is 1.22 bits per heavy atom. The monoisotopic (exact) mass is 249 g/mol. The molecule has 1 aliphatic heterocycles. The molecule has 2 N–H and O–H groups in total. The smallest absolute Gasteiger partial charge is 0.335 e. The second-order valence-electron chi connectivity index (χ2n) is 4.23. The summed E-state index contributed by atoms with van der Waals surface area (Å²) in [7, 11) is 0. The summed E-state index contributed by atoms with van der Waals surface area (Å²) in [4.78, 5) is 22.5. The van der Waals surface area contributed by atoms with Crippen LogP contribution in [0.25, 0.3) is 0 Å². The Hall–Kier alpha value is -1.88. The van der Waals surface area contributed by atoms with Crippen LogP contribution in [0.1, 0.15) is 29.6 Å². The van der Waals surface area contributed by atoms with Crippen molar-refractivity contribution < 1.29 is 19.4 Å². The number of carboxylic acid groups (broad SMARTS) is 1. The Morgan fingerprint density at radius 2 is 1.94 bits per heavy atom. The Kier molecular flexibility index (Phi) is 3.94. The van der Waals surface area contributed by atoms with Crippen LogP contribution in [-0.4, -0.2) is 29.7 Å². The van der Waals surface area contributed by atoms with Crippen molar-refractivity contribution in [1.82, 2.24) is 0 Å². The van der Waals surface area contributed by atoms with Gasteiger partial charge in [-0.1, -0.05) is 0 Å². The first-order chi connectivity index (χ1) is 8.66. The number of hydrogen-bond donors (Lipinski definition) is 2. The quantitative estimate of drug-likeness (QED) is 0.857. The van der Waals surface area contributed by atoms with Crippen LogP contribution in [0.3, 0.4) is 0 Å². The van der Waals surface area contributed by atoms with Gasteiger partial charge in [0.15, 0.2) is 0 Å². The molecule has 0 radical (unpaired) electrons. The number of carbonyl (C=O) groups excluding carboxylic acids is 1. The van der Waals surface area contributed by atoms with E-state index < -0.39 is 12.1 Å². The minimum atomic E-state index is -0.983. The zero-order valence-corrected chi connectivity index (χ0v) is 9.89. The van der Waals surface area contributed by atoms with Gasteiger partial charge in [0.25, 0.3) is 5.91 Å². The van der Waals surface area contributed by atoms with Crippen molar-refractivity contribution in [2.45, 2.75) is 25.4 Å². The van der Waals surface area contributed by atoms with E-state index in [1.54, 1.807) is 12.1 Å². The molecule has 1 atom stereocenters. The Balaban J connectivity index is 1.96. The highest BCUT2D eigenvalue weighted by molar-refractivity contribution is 5.95. The van der Waals surface area contributed by atoms with Crippen molar-refractivity contribution in [2.75, 3.05) is 11.9 Å². The van der Waals surface area contributed by atoms with Crippen LogP contribution in [-0.2, 0) is 9.53 Å². The Morgan fingerprint density at radius 3 is 2.50 bits per heavy atom. The number of ether oxygens (including phenoxy) is 1. The van der Waals surface area contributed by atoms with Crippen molar-refractivity contribution in [3.63, 3.8) is 0 Å². The van der Waals surface area contributed by atoms with Gasteiger partial charge in [0.05, 0.1) is 5.56 Å². The number of anilines is 1. The van der Waals surface area contributed by atoms with Gasteiger partial charge in [0.2, 0.25) is 0 Å². The van der Waals surface area contributed by atoms with Crippen molar-refractivity contribution in [3.8, 4) is 0 Å². The first kappa shape index (κ1) is 12.6. The summed E-state index contributed by atoms with van der Waals surface area (Å²) in [5, 5.41) is 11.5. The molecule has 0 saturated carbocycles. The molecule has 1 aliphatic rings. The zero-order chi connectivity index (χ0) is 13.0. The van der Waals surface area contributed by atoms with Crippen molar-refractivity contribution in [1.29, 1.82) is 0 Å². The fourth-order valence-electron chi connectivity index (χ4n) is 1.87. The van der Waals surface area contributed by atoms with Crippen LogP contribution in [0.5, 0.6) is 0 Å². The zero-order valence-electron chi connectivity index (χ0n) is 9.89. The molecule has 0 aromatic heterocycles. The molecule has 2 rings (SSSR count). The fourth-order valence-corrected chi connectivity index (χ4v) is 1.87. The van der Waals surface area contributed by atoms with E-state index in [2.05, 4.69) is 5.32 Å². The fraction of sp³-hybridized carbons (Fsp3) is 0.385. The van der Waals surface area contributed by atoms with E-state index in [9.17, 15) is 9.59 Å². The van der Waals surface area contributed by atoms with E-state index in [1.807, 2.05) is 0 Å². The van der Waals surface area contributed by atoms with Crippen molar-refractivity contribution >= 4 is 17.6 Å². The molecule has 1 heterocycles. The summed E-state index contributed by atoms with van der Waals surface area (Å²) in [6.07, 6.45) is 2.34. The highest BCUT2D eigenvalue weighted by Gasteiger charge is 2.21. The molecular weight excluding hydrogens is 234 g/mol. The standard InChI is InChI=1S/C13H15NO4/c15-12(11-3-1-2-8-18-11)14-10-6-4-9(5-7-10)13(16)17/h4-7,11H,1-3,8H2,(H,14,15)(H,16,17). The largest absolute Gasteiger partial charge is 0.478 e. The number of aromatic carboxylic acids is 1. The molecule has 1 saturated heterocycles. The average molecular weight is 249 g/mol. The third kappa shape index (κ3) is 3.07. The van der Waals surface area contributed by atoms with Gasteiger partial charge in [-0.25, -0.2) is 4.79 Å². The van der Waals surface area contributed by atoms with Crippen LogP contribution in [0.4, 0.5) is 5.69 Å². The minimum absolute atomic E-state index is 0.169. The topological polar surface area (TPSA) is 75.6 Å². The first-order valence-electron chi connectivity index (χ1n) is 5.92. The second kappa shape index (κ2) is 5.64. The molecule has 5 heteroatoms. The number of benzene rings is 1. The van der Waals surface area contributed by atoms with Crippen molar-refractivity contribution in [2.24, 2.45) is 0 Å². The molecule has 0 spiro atoms. The van der Waals surface area contributed by atoms with Gasteiger partial charge in [-0.05, 0) is 43.5 Å². The maximum absolute atomic E-state index is 11.8. The van der Waals surface area contributed by atoms with E-state index in [-0.39, 0.29) is 11.5 Å². The van der Waals surface area contributed by atoms with Gasteiger partial charge in [0.1, 0.15) is 6.10 Å². The van der Waals surface area contributed by atoms with Crippen LogP contribution in [0.15, 0.2) is 24.3 Å². The van der Waals surface area contributed by atoms with Gasteiger partial charge in [-0.15, -0.1) is 0 Å². The summed E-state index contributed by atoms with van der Waals surface area (Å²) in [6, 6.07) is 6.06.